The fraction of sp³-hybridized carbons (Fsp3) is 0.364. The molecule has 0 aromatic heterocycles. The molecule has 0 aliphatic carbocycles. The van der Waals surface area contributed by atoms with E-state index in [4.69, 9.17) is 0 Å². The van der Waals surface area contributed by atoms with Gasteiger partial charge in [0, 0.05) is 28.9 Å². The summed E-state index contributed by atoms with van der Waals surface area (Å²) < 4.78 is 37.1. The molecule has 1 amide bonds. The maximum absolute atomic E-state index is 13.1. The predicted octanol–water partition coefficient (Wildman–Crippen LogP) is 1.37. The average Bonchev–Trinajstić information content (AvgIpc) is 2.30. The maximum Gasteiger partial charge on any atom is 0.285 e. The molecule has 2 atom stereocenters. The summed E-state index contributed by atoms with van der Waals surface area (Å²) in [6.45, 7) is 1.55. The Morgan fingerprint density at radius 1 is 1.45 bits per heavy atom. The highest BCUT2D eigenvalue weighted by Gasteiger charge is 2.24. The number of nitrogens with zero attached hydrogens (tertiary/aromatic N) is 1. The van der Waals surface area contributed by atoms with Gasteiger partial charge in [0.1, 0.15) is 5.56 Å². The number of nitrogens with one attached hydrogen (secondary N) is 1. The summed E-state index contributed by atoms with van der Waals surface area (Å²) in [4.78, 5) is 21.6. The van der Waals surface area contributed by atoms with E-state index in [-0.39, 0.29) is 5.75 Å². The first-order chi connectivity index (χ1) is 9.22. The molecule has 2 unspecified atom stereocenters. The van der Waals surface area contributed by atoms with Crippen molar-refractivity contribution >= 4 is 22.4 Å². The summed E-state index contributed by atoms with van der Waals surface area (Å²) in [5.41, 5.74) is -1.41. The van der Waals surface area contributed by atoms with Gasteiger partial charge in [-0.3, -0.25) is 19.1 Å². The van der Waals surface area contributed by atoms with Gasteiger partial charge in [-0.15, -0.1) is 0 Å². The number of nitro groups is 1. The Bertz CT molecular complexity index is 580. The second-order valence-electron chi connectivity index (χ2n) is 4.15. The Hall–Kier alpha value is -1.90. The lowest BCUT2D eigenvalue weighted by atomic mass is 10.1. The summed E-state index contributed by atoms with van der Waals surface area (Å²) in [5.74, 6) is -3.54. The molecule has 1 aromatic rings. The highest BCUT2D eigenvalue weighted by Crippen LogP contribution is 2.22. The van der Waals surface area contributed by atoms with Crippen LogP contribution in [-0.2, 0) is 10.8 Å². The highest BCUT2D eigenvalue weighted by molar-refractivity contribution is 7.84. The van der Waals surface area contributed by atoms with Crippen molar-refractivity contribution in [3.8, 4) is 0 Å². The zero-order chi connectivity index (χ0) is 15.4. The van der Waals surface area contributed by atoms with E-state index in [9.17, 15) is 27.9 Å². The summed E-state index contributed by atoms with van der Waals surface area (Å²) >= 11 is 0. The normalized spacial score (nSPS) is 13.6. The van der Waals surface area contributed by atoms with Crippen LogP contribution in [-0.4, -0.2) is 33.1 Å². The van der Waals surface area contributed by atoms with Crippen molar-refractivity contribution < 1.29 is 22.7 Å². The van der Waals surface area contributed by atoms with E-state index in [1.54, 1.807) is 6.92 Å². The smallest absolute Gasteiger partial charge is 0.285 e. The Balaban J connectivity index is 3.06. The molecule has 110 valence electrons. The van der Waals surface area contributed by atoms with Crippen molar-refractivity contribution in [3.05, 3.63) is 39.4 Å². The van der Waals surface area contributed by atoms with Crippen molar-refractivity contribution in [2.75, 3.05) is 12.0 Å². The number of carbonyl (C=O) groups is 1. The van der Waals surface area contributed by atoms with Gasteiger partial charge < -0.3 is 5.32 Å². The molecule has 6 nitrogen and oxygen atoms in total. The van der Waals surface area contributed by atoms with Crippen LogP contribution in [0.2, 0.25) is 0 Å². The number of hydrogen-bond donors (Lipinski definition) is 1. The van der Waals surface area contributed by atoms with Gasteiger partial charge in [0.2, 0.25) is 0 Å². The molecule has 0 spiro atoms. The first-order valence-corrected chi connectivity index (χ1v) is 7.19. The summed E-state index contributed by atoms with van der Waals surface area (Å²) in [6, 6.07) is 0.298. The Morgan fingerprint density at radius 2 is 2.00 bits per heavy atom. The van der Waals surface area contributed by atoms with Crippen LogP contribution in [0.3, 0.4) is 0 Å². The van der Waals surface area contributed by atoms with E-state index in [1.165, 1.54) is 6.26 Å². The molecule has 0 saturated carbocycles. The van der Waals surface area contributed by atoms with Crippen LogP contribution >= 0.6 is 0 Å². The van der Waals surface area contributed by atoms with E-state index in [1.807, 2.05) is 0 Å². The second-order valence-corrected chi connectivity index (χ2v) is 5.63. The fourth-order valence-corrected chi connectivity index (χ4v) is 2.35. The van der Waals surface area contributed by atoms with Crippen LogP contribution < -0.4 is 5.32 Å². The van der Waals surface area contributed by atoms with Crippen LogP contribution in [0.1, 0.15) is 17.3 Å². The number of halogens is 2. The van der Waals surface area contributed by atoms with Crippen molar-refractivity contribution in [3.63, 3.8) is 0 Å². The number of hydrogen-bond acceptors (Lipinski definition) is 4. The van der Waals surface area contributed by atoms with Gasteiger partial charge in [-0.1, -0.05) is 0 Å². The van der Waals surface area contributed by atoms with Crippen molar-refractivity contribution in [2.45, 2.75) is 13.0 Å². The Kier molecular flexibility index (Phi) is 5.26. The van der Waals surface area contributed by atoms with Gasteiger partial charge in [-0.05, 0) is 13.0 Å². The second kappa shape index (κ2) is 6.51. The highest BCUT2D eigenvalue weighted by atomic mass is 32.2. The van der Waals surface area contributed by atoms with Crippen LogP contribution in [0.25, 0.3) is 0 Å². The molecule has 0 heterocycles. The monoisotopic (exact) mass is 306 g/mol. The van der Waals surface area contributed by atoms with Gasteiger partial charge in [0.05, 0.1) is 11.0 Å². The van der Waals surface area contributed by atoms with E-state index in [0.717, 1.165) is 0 Å². The van der Waals surface area contributed by atoms with Crippen LogP contribution in [0.15, 0.2) is 12.1 Å². The molecule has 1 rings (SSSR count). The molecule has 1 aromatic carbocycles. The number of carbonyl (C=O) groups excluding carboxylic acids is 1. The third-order valence-electron chi connectivity index (χ3n) is 2.34. The third kappa shape index (κ3) is 4.05. The minimum absolute atomic E-state index is 0.142. The largest absolute Gasteiger partial charge is 0.348 e. The molecule has 9 heteroatoms. The van der Waals surface area contributed by atoms with Gasteiger partial charge in [-0.25, -0.2) is 8.78 Å². The van der Waals surface area contributed by atoms with E-state index < -0.39 is 50.6 Å². The maximum atomic E-state index is 13.1. The standard InChI is InChI=1S/C11H12F2N2O4S/c1-6(5-20(2)19)14-11(16)7-3-8(12)9(13)4-10(7)15(17)18/h3-4,6H,5H2,1-2H3,(H,14,16). The van der Waals surface area contributed by atoms with Gasteiger partial charge in [0.25, 0.3) is 11.6 Å². The summed E-state index contributed by atoms with van der Waals surface area (Å²) in [6.07, 6.45) is 1.43. The minimum Gasteiger partial charge on any atom is -0.348 e. The molecule has 0 fully saturated rings. The molecule has 0 bridgehead atoms. The van der Waals surface area contributed by atoms with Gasteiger partial charge in [0.15, 0.2) is 11.6 Å². The van der Waals surface area contributed by atoms with Crippen LogP contribution in [0.5, 0.6) is 0 Å². The lowest BCUT2D eigenvalue weighted by Gasteiger charge is -2.12. The molecular formula is C11H12F2N2O4S. The average molecular weight is 306 g/mol. The van der Waals surface area contributed by atoms with Gasteiger partial charge >= 0.3 is 0 Å². The van der Waals surface area contributed by atoms with Crippen LogP contribution in [0, 0.1) is 21.7 Å². The van der Waals surface area contributed by atoms with E-state index in [2.05, 4.69) is 5.32 Å². The molecule has 0 saturated heterocycles. The number of amides is 1. The molecule has 20 heavy (non-hydrogen) atoms. The molecule has 0 radical (unpaired) electrons. The van der Waals surface area contributed by atoms with E-state index >= 15 is 0 Å². The lowest BCUT2D eigenvalue weighted by molar-refractivity contribution is -0.385. The first-order valence-electron chi connectivity index (χ1n) is 5.46. The third-order valence-corrected chi connectivity index (χ3v) is 3.31. The fourth-order valence-electron chi connectivity index (χ4n) is 1.56. The molecular weight excluding hydrogens is 294 g/mol. The van der Waals surface area contributed by atoms with Crippen molar-refractivity contribution in [1.29, 1.82) is 0 Å². The van der Waals surface area contributed by atoms with E-state index in [0.29, 0.717) is 12.1 Å². The minimum atomic E-state index is -1.41. The Labute approximate surface area is 115 Å². The Morgan fingerprint density at radius 3 is 2.50 bits per heavy atom. The molecule has 0 aliphatic rings. The number of nitro benzene ring substituents is 1. The summed E-state index contributed by atoms with van der Waals surface area (Å²) in [5, 5.41) is 13.1. The first kappa shape index (κ1) is 16.2. The van der Waals surface area contributed by atoms with Crippen molar-refractivity contribution in [1.82, 2.24) is 5.32 Å². The van der Waals surface area contributed by atoms with Crippen LogP contribution in [0.4, 0.5) is 14.5 Å². The SMILES string of the molecule is CC(CS(C)=O)NC(=O)c1cc(F)c(F)cc1[N+](=O)[O-]. The topological polar surface area (TPSA) is 89.3 Å². The summed E-state index contributed by atoms with van der Waals surface area (Å²) in [7, 11) is -1.17. The quantitative estimate of drug-likeness (QED) is 0.657. The predicted molar refractivity (Wildman–Crippen MR) is 68.9 cm³/mol. The van der Waals surface area contributed by atoms with Gasteiger partial charge in [-0.2, -0.15) is 0 Å². The zero-order valence-corrected chi connectivity index (χ0v) is 11.5. The van der Waals surface area contributed by atoms with Crippen molar-refractivity contribution in [2.24, 2.45) is 0 Å². The lowest BCUT2D eigenvalue weighted by Crippen LogP contribution is -2.36. The molecule has 1 N–H and O–H groups in total. The number of benzene rings is 1. The number of rotatable bonds is 5. The molecule has 0 aliphatic heterocycles. The zero-order valence-electron chi connectivity index (χ0n) is 10.7.